The number of aromatic nitrogens is 2. The van der Waals surface area contributed by atoms with E-state index in [1.807, 2.05) is 34.6 Å². The summed E-state index contributed by atoms with van der Waals surface area (Å²) >= 11 is 0. The summed E-state index contributed by atoms with van der Waals surface area (Å²) in [6.07, 6.45) is 0. The van der Waals surface area contributed by atoms with Crippen molar-refractivity contribution in [1.82, 2.24) is 10.2 Å². The minimum Gasteiger partial charge on any atom is -0.379 e. The molecule has 0 saturated heterocycles. The first-order valence-electron chi connectivity index (χ1n) is 10.1. The molecule has 0 radical (unpaired) electrons. The number of hydrogen-bond acceptors (Lipinski definition) is 8. The number of Topliss-reactive ketones (excluding diaryl/α,β-unsaturated/α-hetero) is 1. The molecule has 0 aliphatic heterocycles. The van der Waals surface area contributed by atoms with E-state index in [1.165, 1.54) is 0 Å². The van der Waals surface area contributed by atoms with Gasteiger partial charge in [0.15, 0.2) is 5.78 Å². The largest absolute Gasteiger partial charge is 0.379 e. The topological polar surface area (TPSA) is 91.8 Å². The third-order valence-electron chi connectivity index (χ3n) is 3.31. The minimum atomic E-state index is -0.0830. The fraction of sp³-hybridized carbons (Fsp3) is 0.750. The highest BCUT2D eigenvalue weighted by Gasteiger charge is 2.12. The number of carbonyl (C=O) groups excluding carboxylic acids is 1. The van der Waals surface area contributed by atoms with Crippen LogP contribution in [0.15, 0.2) is 12.1 Å². The van der Waals surface area contributed by atoms with Gasteiger partial charge >= 0.3 is 0 Å². The lowest BCUT2D eigenvalue weighted by atomic mass is 10.1. The molecule has 1 heterocycles. The first-order valence-corrected chi connectivity index (χ1v) is 10.1. The summed E-state index contributed by atoms with van der Waals surface area (Å²) in [6, 6.07) is 3.43. The molecule has 0 atom stereocenters. The SMILES string of the molecule is CC.CCOCCOCCOCCOCCNc1ccc(C(=O)C(C)C)nn1. The molecular formula is C20H37N3O5. The third-order valence-corrected chi connectivity index (χ3v) is 3.31. The number of anilines is 1. The second-order valence-corrected chi connectivity index (χ2v) is 5.78. The van der Waals surface area contributed by atoms with E-state index in [9.17, 15) is 4.79 Å². The van der Waals surface area contributed by atoms with E-state index in [1.54, 1.807) is 12.1 Å². The number of hydrogen-bond donors (Lipinski definition) is 1. The van der Waals surface area contributed by atoms with Gasteiger partial charge in [-0.25, -0.2) is 0 Å². The standard InChI is InChI=1S/C18H31N3O5.C2H6/c1-4-23-9-10-25-13-14-26-12-11-24-8-7-19-17-6-5-16(20-21-17)18(22)15(2)3;1-2/h5-6,15H,4,7-14H2,1-3H3,(H,19,21);1-2H3. The molecule has 0 fully saturated rings. The van der Waals surface area contributed by atoms with Gasteiger partial charge in [-0.1, -0.05) is 27.7 Å². The van der Waals surface area contributed by atoms with E-state index in [0.717, 1.165) is 0 Å². The van der Waals surface area contributed by atoms with Gasteiger partial charge in [0.1, 0.15) is 11.5 Å². The third kappa shape index (κ3) is 13.5. The number of rotatable bonds is 16. The lowest BCUT2D eigenvalue weighted by Crippen LogP contribution is -2.15. The molecule has 1 rings (SSSR count). The zero-order valence-corrected chi connectivity index (χ0v) is 18.0. The highest BCUT2D eigenvalue weighted by molar-refractivity contribution is 5.95. The molecule has 0 aliphatic carbocycles. The van der Waals surface area contributed by atoms with E-state index in [4.69, 9.17) is 18.9 Å². The Labute approximate surface area is 169 Å². The predicted octanol–water partition coefficient (Wildman–Crippen LogP) is 2.84. The van der Waals surface area contributed by atoms with E-state index >= 15 is 0 Å². The number of ketones is 1. The Bertz CT molecular complexity index is 483. The number of carbonyl (C=O) groups is 1. The van der Waals surface area contributed by atoms with E-state index in [-0.39, 0.29) is 11.7 Å². The molecule has 0 unspecified atom stereocenters. The molecule has 0 amide bonds. The zero-order valence-electron chi connectivity index (χ0n) is 18.0. The average molecular weight is 400 g/mol. The smallest absolute Gasteiger partial charge is 0.185 e. The fourth-order valence-corrected chi connectivity index (χ4v) is 1.91. The molecule has 0 aliphatic rings. The number of ether oxygens (including phenoxy) is 4. The summed E-state index contributed by atoms with van der Waals surface area (Å²) in [6.45, 7) is 14.8. The summed E-state index contributed by atoms with van der Waals surface area (Å²) in [5, 5.41) is 11.0. The lowest BCUT2D eigenvalue weighted by Gasteiger charge is -2.08. The van der Waals surface area contributed by atoms with E-state index < -0.39 is 0 Å². The molecule has 0 aromatic carbocycles. The van der Waals surface area contributed by atoms with Crippen molar-refractivity contribution in [3.8, 4) is 0 Å². The molecule has 0 bridgehead atoms. The van der Waals surface area contributed by atoms with Gasteiger partial charge in [-0.2, -0.15) is 0 Å². The van der Waals surface area contributed by atoms with Crippen LogP contribution in [0.25, 0.3) is 0 Å². The van der Waals surface area contributed by atoms with Crippen molar-refractivity contribution in [2.24, 2.45) is 5.92 Å². The van der Waals surface area contributed by atoms with Crippen LogP contribution in [0.4, 0.5) is 5.82 Å². The van der Waals surface area contributed by atoms with Crippen LogP contribution in [0, 0.1) is 5.92 Å². The maximum atomic E-state index is 11.8. The molecule has 162 valence electrons. The maximum absolute atomic E-state index is 11.8. The van der Waals surface area contributed by atoms with Gasteiger partial charge in [0.25, 0.3) is 0 Å². The van der Waals surface area contributed by atoms with Crippen molar-refractivity contribution in [2.75, 3.05) is 64.7 Å². The predicted molar refractivity (Wildman–Crippen MR) is 110 cm³/mol. The average Bonchev–Trinajstić information content (AvgIpc) is 2.72. The molecule has 1 aromatic heterocycles. The van der Waals surface area contributed by atoms with Gasteiger partial charge in [0.2, 0.25) is 0 Å². The number of nitrogens with one attached hydrogen (secondary N) is 1. The minimum absolute atomic E-state index is 0.00734. The van der Waals surface area contributed by atoms with Crippen LogP contribution in [0.5, 0.6) is 0 Å². The van der Waals surface area contributed by atoms with Crippen LogP contribution in [-0.2, 0) is 18.9 Å². The number of nitrogens with zero attached hydrogens (tertiary/aromatic N) is 2. The van der Waals surface area contributed by atoms with Gasteiger partial charge in [-0.15, -0.1) is 10.2 Å². The van der Waals surface area contributed by atoms with Crippen molar-refractivity contribution >= 4 is 11.6 Å². The van der Waals surface area contributed by atoms with Crippen molar-refractivity contribution in [3.05, 3.63) is 17.8 Å². The first kappa shape index (κ1) is 26.4. The van der Waals surface area contributed by atoms with Gasteiger partial charge in [-0.05, 0) is 19.1 Å². The second-order valence-electron chi connectivity index (χ2n) is 5.78. The van der Waals surface area contributed by atoms with Crippen molar-refractivity contribution in [3.63, 3.8) is 0 Å². The van der Waals surface area contributed by atoms with Crippen LogP contribution >= 0.6 is 0 Å². The Hall–Kier alpha value is -1.61. The lowest BCUT2D eigenvalue weighted by molar-refractivity contribution is 0.000608. The van der Waals surface area contributed by atoms with Gasteiger partial charge in [-0.3, -0.25) is 4.79 Å². The Morgan fingerprint density at radius 1 is 0.893 bits per heavy atom. The molecule has 1 N–H and O–H groups in total. The second kappa shape index (κ2) is 18.7. The Morgan fingerprint density at radius 2 is 1.43 bits per heavy atom. The van der Waals surface area contributed by atoms with E-state index in [2.05, 4.69) is 15.5 Å². The normalized spacial score (nSPS) is 10.5. The fourth-order valence-electron chi connectivity index (χ4n) is 1.91. The summed E-state index contributed by atoms with van der Waals surface area (Å²) < 4.78 is 21.3. The van der Waals surface area contributed by atoms with Crippen LogP contribution in [0.2, 0.25) is 0 Å². The van der Waals surface area contributed by atoms with Gasteiger partial charge < -0.3 is 24.3 Å². The molecule has 1 aromatic rings. The molecular weight excluding hydrogens is 362 g/mol. The summed E-state index contributed by atoms with van der Waals surface area (Å²) in [4.78, 5) is 11.8. The Balaban J connectivity index is 0.00000352. The summed E-state index contributed by atoms with van der Waals surface area (Å²) in [5.74, 6) is 0.529. The van der Waals surface area contributed by atoms with E-state index in [0.29, 0.717) is 70.9 Å². The summed E-state index contributed by atoms with van der Waals surface area (Å²) in [7, 11) is 0. The summed E-state index contributed by atoms with van der Waals surface area (Å²) in [5.41, 5.74) is 0.390. The van der Waals surface area contributed by atoms with Crippen molar-refractivity contribution in [1.29, 1.82) is 0 Å². The van der Waals surface area contributed by atoms with Crippen LogP contribution < -0.4 is 5.32 Å². The Kier molecular flexibility index (Phi) is 17.7. The zero-order chi connectivity index (χ0) is 21.0. The molecule has 8 nitrogen and oxygen atoms in total. The quantitative estimate of drug-likeness (QED) is 0.335. The maximum Gasteiger partial charge on any atom is 0.185 e. The molecule has 28 heavy (non-hydrogen) atoms. The van der Waals surface area contributed by atoms with Crippen molar-refractivity contribution in [2.45, 2.75) is 34.6 Å². The Morgan fingerprint density at radius 3 is 1.89 bits per heavy atom. The highest BCUT2D eigenvalue weighted by atomic mass is 16.6. The monoisotopic (exact) mass is 399 g/mol. The van der Waals surface area contributed by atoms with Crippen LogP contribution in [0.3, 0.4) is 0 Å². The first-order chi connectivity index (χ1) is 13.6. The molecule has 0 spiro atoms. The van der Waals surface area contributed by atoms with Crippen LogP contribution in [0.1, 0.15) is 45.1 Å². The van der Waals surface area contributed by atoms with Crippen LogP contribution in [-0.4, -0.2) is 75.4 Å². The molecule has 8 heteroatoms. The van der Waals surface area contributed by atoms with Crippen molar-refractivity contribution < 1.29 is 23.7 Å². The van der Waals surface area contributed by atoms with Gasteiger partial charge in [0.05, 0.1) is 46.2 Å². The highest BCUT2D eigenvalue weighted by Crippen LogP contribution is 2.07. The van der Waals surface area contributed by atoms with Gasteiger partial charge in [0, 0.05) is 19.1 Å². The molecule has 0 saturated carbocycles.